The molecule has 2 N–H and O–H groups in total. The highest BCUT2D eigenvalue weighted by atomic mass is 32.1. The van der Waals surface area contributed by atoms with Crippen molar-refractivity contribution in [2.24, 2.45) is 0 Å². The third-order valence-electron chi connectivity index (χ3n) is 4.62. The van der Waals surface area contributed by atoms with Gasteiger partial charge in [0.2, 0.25) is 0 Å². The van der Waals surface area contributed by atoms with Crippen molar-refractivity contribution in [1.82, 2.24) is 5.32 Å². The lowest BCUT2D eigenvalue weighted by molar-refractivity contribution is 0.0679. The van der Waals surface area contributed by atoms with Gasteiger partial charge in [-0.2, -0.15) is 0 Å². The quantitative estimate of drug-likeness (QED) is 0.426. The first-order valence-electron chi connectivity index (χ1n) is 10.4. The predicted octanol–water partition coefficient (Wildman–Crippen LogP) is 3.79. The Bertz CT molecular complexity index is 853. The molecule has 1 atom stereocenters. The number of thiocarbonyl (C=S) groups is 1. The van der Waals surface area contributed by atoms with Crippen LogP contribution in [0.3, 0.4) is 0 Å². The highest BCUT2D eigenvalue weighted by molar-refractivity contribution is 7.80. The second-order valence-electron chi connectivity index (χ2n) is 6.92. The minimum atomic E-state index is -0.346. The topological polar surface area (TPSA) is 78.1 Å². The van der Waals surface area contributed by atoms with Crippen molar-refractivity contribution in [3.63, 3.8) is 0 Å². The van der Waals surface area contributed by atoms with E-state index in [1.165, 1.54) is 0 Å². The standard InChI is InChI=1S/C23H28N2O5S/c1-2-27-14-15-29-21-8-4-3-7-20(21)22(26)25-23(31)24-17-9-11-18(12-10-17)30-16-19-6-5-13-28-19/h3-4,7-12,19H,2,5-6,13-16H2,1H3,(H2,24,25,26,31). The van der Waals surface area contributed by atoms with Gasteiger partial charge in [0.15, 0.2) is 5.11 Å². The predicted molar refractivity (Wildman–Crippen MR) is 123 cm³/mol. The second-order valence-corrected chi connectivity index (χ2v) is 7.33. The minimum absolute atomic E-state index is 0.173. The maximum atomic E-state index is 12.6. The molecule has 0 aromatic heterocycles. The number of benzene rings is 2. The van der Waals surface area contributed by atoms with E-state index in [1.54, 1.807) is 18.2 Å². The molecule has 0 aliphatic carbocycles. The maximum Gasteiger partial charge on any atom is 0.261 e. The van der Waals surface area contributed by atoms with Gasteiger partial charge < -0.3 is 24.3 Å². The molecule has 1 aliphatic rings. The average molecular weight is 445 g/mol. The zero-order valence-corrected chi connectivity index (χ0v) is 18.4. The van der Waals surface area contributed by atoms with E-state index in [2.05, 4.69) is 10.6 Å². The Morgan fingerprint density at radius 1 is 1.13 bits per heavy atom. The Morgan fingerprint density at radius 2 is 1.94 bits per heavy atom. The number of rotatable bonds is 10. The van der Waals surface area contributed by atoms with Crippen LogP contribution in [0.5, 0.6) is 11.5 Å². The third-order valence-corrected chi connectivity index (χ3v) is 4.82. The lowest BCUT2D eigenvalue weighted by Crippen LogP contribution is -2.34. The molecule has 0 radical (unpaired) electrons. The average Bonchev–Trinajstić information content (AvgIpc) is 3.30. The molecule has 31 heavy (non-hydrogen) atoms. The van der Waals surface area contributed by atoms with E-state index in [4.69, 9.17) is 31.2 Å². The van der Waals surface area contributed by atoms with E-state index in [0.29, 0.717) is 37.7 Å². The number of carbonyl (C=O) groups excluding carboxylic acids is 1. The van der Waals surface area contributed by atoms with Crippen molar-refractivity contribution in [3.05, 3.63) is 54.1 Å². The number of carbonyl (C=O) groups is 1. The summed E-state index contributed by atoms with van der Waals surface area (Å²) in [5, 5.41) is 5.89. The molecule has 0 bridgehead atoms. The monoisotopic (exact) mass is 444 g/mol. The van der Waals surface area contributed by atoms with Gasteiger partial charge in [-0.25, -0.2) is 0 Å². The smallest absolute Gasteiger partial charge is 0.261 e. The van der Waals surface area contributed by atoms with Crippen molar-refractivity contribution in [2.45, 2.75) is 25.9 Å². The summed E-state index contributed by atoms with van der Waals surface area (Å²) in [5.41, 5.74) is 1.15. The maximum absolute atomic E-state index is 12.6. The molecule has 1 heterocycles. The fourth-order valence-corrected chi connectivity index (χ4v) is 3.28. The van der Waals surface area contributed by atoms with Gasteiger partial charge in [-0.1, -0.05) is 12.1 Å². The zero-order chi connectivity index (χ0) is 21.9. The van der Waals surface area contributed by atoms with E-state index < -0.39 is 0 Å². The molecule has 1 amide bonds. The summed E-state index contributed by atoms with van der Waals surface area (Å²) in [7, 11) is 0. The Labute approximate surface area is 188 Å². The van der Waals surface area contributed by atoms with Crippen LogP contribution >= 0.6 is 12.2 Å². The fraction of sp³-hybridized carbons (Fsp3) is 0.391. The number of hydrogen-bond donors (Lipinski definition) is 2. The van der Waals surface area contributed by atoms with Crippen molar-refractivity contribution < 1.29 is 23.7 Å². The number of ether oxygens (including phenoxy) is 4. The summed E-state index contributed by atoms with van der Waals surface area (Å²) in [6, 6.07) is 14.4. The Morgan fingerprint density at radius 3 is 2.68 bits per heavy atom. The van der Waals surface area contributed by atoms with Crippen molar-refractivity contribution in [2.75, 3.05) is 38.4 Å². The zero-order valence-electron chi connectivity index (χ0n) is 17.6. The van der Waals surface area contributed by atoms with Crippen LogP contribution < -0.4 is 20.1 Å². The largest absolute Gasteiger partial charge is 0.491 e. The Hall–Kier alpha value is -2.68. The SMILES string of the molecule is CCOCCOc1ccccc1C(=O)NC(=S)Nc1ccc(OCC2CCCO2)cc1. The highest BCUT2D eigenvalue weighted by Crippen LogP contribution is 2.20. The summed E-state index contributed by atoms with van der Waals surface area (Å²) in [5.74, 6) is 0.894. The van der Waals surface area contributed by atoms with Gasteiger partial charge in [-0.15, -0.1) is 0 Å². The Balaban J connectivity index is 1.48. The van der Waals surface area contributed by atoms with E-state index in [0.717, 1.165) is 30.9 Å². The van der Waals surface area contributed by atoms with Crippen LogP contribution in [-0.2, 0) is 9.47 Å². The minimum Gasteiger partial charge on any atom is -0.491 e. The van der Waals surface area contributed by atoms with Crippen LogP contribution in [0.4, 0.5) is 5.69 Å². The van der Waals surface area contributed by atoms with Crippen molar-refractivity contribution >= 4 is 28.9 Å². The third kappa shape index (κ3) is 7.50. The van der Waals surface area contributed by atoms with Gasteiger partial charge in [0.25, 0.3) is 5.91 Å². The molecule has 166 valence electrons. The Kier molecular flexibility index (Phi) is 9.08. The molecule has 1 aliphatic heterocycles. The van der Waals surface area contributed by atoms with E-state index in [-0.39, 0.29) is 17.1 Å². The molecular formula is C23H28N2O5S. The summed E-state index contributed by atoms with van der Waals surface area (Å²) in [6.07, 6.45) is 2.30. The molecule has 1 saturated heterocycles. The molecular weight excluding hydrogens is 416 g/mol. The van der Waals surface area contributed by atoms with Gasteiger partial charge in [-0.05, 0) is 68.4 Å². The number of nitrogens with one attached hydrogen (secondary N) is 2. The normalized spacial score (nSPS) is 15.3. The van der Waals surface area contributed by atoms with Gasteiger partial charge in [0, 0.05) is 18.9 Å². The summed E-state index contributed by atoms with van der Waals surface area (Å²) in [4.78, 5) is 12.6. The van der Waals surface area contributed by atoms with Crippen molar-refractivity contribution in [3.8, 4) is 11.5 Å². The summed E-state index contributed by atoms with van der Waals surface area (Å²) >= 11 is 5.28. The number of para-hydroxylation sites is 1. The molecule has 2 aromatic carbocycles. The van der Waals surface area contributed by atoms with Crippen LogP contribution in [0.2, 0.25) is 0 Å². The van der Waals surface area contributed by atoms with Gasteiger partial charge in [0.1, 0.15) is 24.7 Å². The summed E-state index contributed by atoms with van der Waals surface area (Å²) < 4.78 is 22.2. The molecule has 0 saturated carbocycles. The van der Waals surface area contributed by atoms with Crippen LogP contribution in [0.1, 0.15) is 30.1 Å². The fourth-order valence-electron chi connectivity index (χ4n) is 3.07. The molecule has 7 nitrogen and oxygen atoms in total. The first-order valence-corrected chi connectivity index (χ1v) is 10.8. The van der Waals surface area contributed by atoms with Crippen LogP contribution in [0.25, 0.3) is 0 Å². The number of anilines is 1. The summed E-state index contributed by atoms with van der Waals surface area (Å²) in [6.45, 7) is 4.72. The number of amides is 1. The molecule has 0 spiro atoms. The van der Waals surface area contributed by atoms with Gasteiger partial charge in [0.05, 0.1) is 18.3 Å². The van der Waals surface area contributed by atoms with Crippen LogP contribution in [0, 0.1) is 0 Å². The van der Waals surface area contributed by atoms with E-state index in [9.17, 15) is 4.79 Å². The van der Waals surface area contributed by atoms with E-state index in [1.807, 2.05) is 37.3 Å². The molecule has 2 aromatic rings. The van der Waals surface area contributed by atoms with Crippen LogP contribution in [-0.4, -0.2) is 50.2 Å². The highest BCUT2D eigenvalue weighted by Gasteiger charge is 2.16. The van der Waals surface area contributed by atoms with E-state index >= 15 is 0 Å². The van der Waals surface area contributed by atoms with Gasteiger partial charge in [-0.3, -0.25) is 10.1 Å². The number of hydrogen-bond acceptors (Lipinski definition) is 6. The molecule has 1 unspecified atom stereocenters. The molecule has 1 fully saturated rings. The molecule has 3 rings (SSSR count). The van der Waals surface area contributed by atoms with Crippen LogP contribution in [0.15, 0.2) is 48.5 Å². The van der Waals surface area contributed by atoms with Crippen molar-refractivity contribution in [1.29, 1.82) is 0 Å². The lowest BCUT2D eigenvalue weighted by atomic mass is 10.2. The van der Waals surface area contributed by atoms with Gasteiger partial charge >= 0.3 is 0 Å². The first kappa shape index (κ1) is 23.0. The lowest BCUT2D eigenvalue weighted by Gasteiger charge is -2.14. The first-order chi connectivity index (χ1) is 15.2. The molecule has 8 heteroatoms. The second kappa shape index (κ2) is 12.2.